The molecule has 0 atom stereocenters. The summed E-state index contributed by atoms with van der Waals surface area (Å²) < 4.78 is 5.05. The van der Waals surface area contributed by atoms with Crippen molar-refractivity contribution in [2.45, 2.75) is 51.6 Å². The highest BCUT2D eigenvalue weighted by molar-refractivity contribution is 6.20. The normalized spacial score (nSPS) is 22.0. The summed E-state index contributed by atoms with van der Waals surface area (Å²) in [6, 6.07) is 0. The molecule has 0 aliphatic heterocycles. The predicted molar refractivity (Wildman–Crippen MR) is 75.8 cm³/mol. The summed E-state index contributed by atoms with van der Waals surface area (Å²) >= 11 is 0. The topological polar surface area (TPSA) is 80.8 Å². The standard InChI is InChI=1S/C15H23NO5/c1-4-5-6-7-11(17)14-12(18)8-10(9-13(14)19)21-15(20)16(2)3/h10,14H,4-9H2,1-3H3. The summed E-state index contributed by atoms with van der Waals surface area (Å²) in [5, 5.41) is 0. The number of hydrogen-bond acceptors (Lipinski definition) is 5. The van der Waals surface area contributed by atoms with Crippen LogP contribution in [0.15, 0.2) is 0 Å². The van der Waals surface area contributed by atoms with Crippen molar-refractivity contribution in [3.63, 3.8) is 0 Å². The van der Waals surface area contributed by atoms with Crippen LogP contribution >= 0.6 is 0 Å². The summed E-state index contributed by atoms with van der Waals surface area (Å²) in [6.07, 6.45) is 1.38. The zero-order chi connectivity index (χ0) is 16.0. The number of ether oxygens (including phenoxy) is 1. The van der Waals surface area contributed by atoms with Crippen LogP contribution in [0.5, 0.6) is 0 Å². The fourth-order valence-corrected chi connectivity index (χ4v) is 2.32. The molecule has 1 aliphatic carbocycles. The van der Waals surface area contributed by atoms with Crippen molar-refractivity contribution in [2.24, 2.45) is 5.92 Å². The molecule has 6 heteroatoms. The van der Waals surface area contributed by atoms with Crippen LogP contribution in [0.2, 0.25) is 0 Å². The maximum absolute atomic E-state index is 12.0. The molecule has 0 unspecified atom stereocenters. The first-order valence-electron chi connectivity index (χ1n) is 7.32. The molecule has 0 N–H and O–H groups in total. The largest absolute Gasteiger partial charge is 0.445 e. The van der Waals surface area contributed by atoms with E-state index in [1.807, 2.05) is 6.92 Å². The van der Waals surface area contributed by atoms with Gasteiger partial charge in [0.15, 0.2) is 17.3 Å². The Kier molecular flexibility index (Phi) is 6.52. The summed E-state index contributed by atoms with van der Waals surface area (Å²) in [7, 11) is 3.05. The van der Waals surface area contributed by atoms with E-state index in [9.17, 15) is 19.2 Å². The van der Waals surface area contributed by atoms with Crippen molar-refractivity contribution >= 4 is 23.4 Å². The average Bonchev–Trinajstić information content (AvgIpc) is 2.37. The number of hydrogen-bond donors (Lipinski definition) is 0. The molecule has 0 saturated heterocycles. The van der Waals surface area contributed by atoms with Crippen LogP contribution in [0.3, 0.4) is 0 Å². The molecule has 0 radical (unpaired) electrons. The molecule has 0 heterocycles. The number of ketones is 3. The van der Waals surface area contributed by atoms with Gasteiger partial charge in [0.2, 0.25) is 0 Å². The predicted octanol–water partition coefficient (Wildman–Crippen LogP) is 1.75. The summed E-state index contributed by atoms with van der Waals surface area (Å²) in [6.45, 7) is 2.02. The minimum absolute atomic E-state index is 0.0600. The molecule has 0 aromatic carbocycles. The van der Waals surface area contributed by atoms with Gasteiger partial charge in [-0.1, -0.05) is 19.8 Å². The van der Waals surface area contributed by atoms with Gasteiger partial charge in [-0.2, -0.15) is 0 Å². The summed E-state index contributed by atoms with van der Waals surface area (Å²) in [4.78, 5) is 48.6. The van der Waals surface area contributed by atoms with Crippen LogP contribution in [-0.2, 0) is 19.1 Å². The van der Waals surface area contributed by atoms with Crippen molar-refractivity contribution in [3.8, 4) is 0 Å². The van der Waals surface area contributed by atoms with Crippen LogP contribution in [0.25, 0.3) is 0 Å². The first-order chi connectivity index (χ1) is 9.86. The quantitative estimate of drug-likeness (QED) is 0.551. The SMILES string of the molecule is CCCCCC(=O)C1C(=O)CC(OC(=O)N(C)C)CC1=O. The Morgan fingerprint density at radius 3 is 2.19 bits per heavy atom. The zero-order valence-corrected chi connectivity index (χ0v) is 12.9. The Hall–Kier alpha value is -1.72. The molecule has 21 heavy (non-hydrogen) atoms. The van der Waals surface area contributed by atoms with Crippen LogP contribution in [0, 0.1) is 5.92 Å². The van der Waals surface area contributed by atoms with Gasteiger partial charge in [0, 0.05) is 33.4 Å². The number of carbonyl (C=O) groups is 4. The second-order valence-electron chi connectivity index (χ2n) is 5.60. The lowest BCUT2D eigenvalue weighted by atomic mass is 9.81. The second-order valence-corrected chi connectivity index (χ2v) is 5.60. The lowest BCUT2D eigenvalue weighted by Crippen LogP contribution is -2.43. The molecule has 1 amide bonds. The van der Waals surface area contributed by atoms with E-state index in [0.29, 0.717) is 6.42 Å². The van der Waals surface area contributed by atoms with Crippen LogP contribution < -0.4 is 0 Å². The molecule has 0 spiro atoms. The van der Waals surface area contributed by atoms with Gasteiger partial charge in [-0.3, -0.25) is 14.4 Å². The lowest BCUT2D eigenvalue weighted by molar-refractivity contribution is -0.145. The molecule has 6 nitrogen and oxygen atoms in total. The van der Waals surface area contributed by atoms with Crippen LogP contribution in [0.4, 0.5) is 4.79 Å². The average molecular weight is 297 g/mol. The highest BCUT2D eigenvalue weighted by Crippen LogP contribution is 2.23. The van der Waals surface area contributed by atoms with E-state index < -0.39 is 29.7 Å². The molecule has 0 bridgehead atoms. The fraction of sp³-hybridized carbons (Fsp3) is 0.733. The Bertz CT molecular complexity index is 412. The number of unbranched alkanes of at least 4 members (excludes halogenated alkanes) is 2. The minimum Gasteiger partial charge on any atom is -0.445 e. The van der Waals surface area contributed by atoms with Gasteiger partial charge < -0.3 is 9.64 Å². The van der Waals surface area contributed by atoms with E-state index in [1.165, 1.54) is 19.0 Å². The first-order valence-corrected chi connectivity index (χ1v) is 7.32. The van der Waals surface area contributed by atoms with E-state index in [1.54, 1.807) is 0 Å². The number of carbonyl (C=O) groups excluding carboxylic acids is 4. The van der Waals surface area contributed by atoms with Gasteiger partial charge in [-0.05, 0) is 6.42 Å². The van der Waals surface area contributed by atoms with Crippen LogP contribution in [0.1, 0.15) is 45.4 Å². The van der Waals surface area contributed by atoms with E-state index in [2.05, 4.69) is 0 Å². The van der Waals surface area contributed by atoms with E-state index in [0.717, 1.165) is 12.8 Å². The van der Waals surface area contributed by atoms with Crippen molar-refractivity contribution in [3.05, 3.63) is 0 Å². The molecule has 1 saturated carbocycles. The highest BCUT2D eigenvalue weighted by atomic mass is 16.6. The van der Waals surface area contributed by atoms with Gasteiger partial charge in [0.25, 0.3) is 0 Å². The van der Waals surface area contributed by atoms with Gasteiger partial charge in [0.05, 0.1) is 0 Å². The molecule has 0 aromatic heterocycles. The second kappa shape index (κ2) is 7.90. The smallest absolute Gasteiger partial charge is 0.409 e. The molecule has 0 aromatic rings. The Morgan fingerprint density at radius 1 is 1.14 bits per heavy atom. The van der Waals surface area contributed by atoms with E-state index in [4.69, 9.17) is 4.74 Å². The van der Waals surface area contributed by atoms with E-state index >= 15 is 0 Å². The summed E-state index contributed by atoms with van der Waals surface area (Å²) in [5.74, 6) is -2.29. The highest BCUT2D eigenvalue weighted by Gasteiger charge is 2.41. The van der Waals surface area contributed by atoms with Gasteiger partial charge >= 0.3 is 6.09 Å². The molecule has 1 rings (SSSR count). The number of rotatable bonds is 6. The maximum Gasteiger partial charge on any atom is 0.409 e. The van der Waals surface area contributed by atoms with E-state index in [-0.39, 0.29) is 25.0 Å². The van der Waals surface area contributed by atoms with Gasteiger partial charge in [0.1, 0.15) is 12.0 Å². The molecule has 118 valence electrons. The number of Topliss-reactive ketones (excluding diaryl/α,β-unsaturated/α-hetero) is 3. The maximum atomic E-state index is 12.0. The third-order valence-corrected chi connectivity index (χ3v) is 3.48. The Morgan fingerprint density at radius 2 is 1.71 bits per heavy atom. The van der Waals surface area contributed by atoms with Crippen molar-refractivity contribution in [1.29, 1.82) is 0 Å². The molecular weight excluding hydrogens is 274 g/mol. The fourth-order valence-electron chi connectivity index (χ4n) is 2.32. The lowest BCUT2D eigenvalue weighted by Gasteiger charge is -2.26. The monoisotopic (exact) mass is 297 g/mol. The summed E-state index contributed by atoms with van der Waals surface area (Å²) in [5.41, 5.74) is 0. The third kappa shape index (κ3) is 4.95. The van der Waals surface area contributed by atoms with Crippen LogP contribution in [-0.4, -0.2) is 48.5 Å². The molecule has 1 aliphatic rings. The molecular formula is C15H23NO5. The number of amides is 1. The Labute approximate surface area is 124 Å². The number of nitrogens with zero attached hydrogens (tertiary/aromatic N) is 1. The van der Waals surface area contributed by atoms with Crippen molar-refractivity contribution in [2.75, 3.05) is 14.1 Å². The zero-order valence-electron chi connectivity index (χ0n) is 12.9. The minimum atomic E-state index is -1.14. The Balaban J connectivity index is 2.58. The van der Waals surface area contributed by atoms with Crippen molar-refractivity contribution in [1.82, 2.24) is 4.90 Å². The first kappa shape index (κ1) is 17.3. The van der Waals surface area contributed by atoms with Crippen molar-refractivity contribution < 1.29 is 23.9 Å². The molecule has 1 fully saturated rings. The van der Waals surface area contributed by atoms with Gasteiger partial charge in [-0.25, -0.2) is 4.79 Å². The third-order valence-electron chi connectivity index (χ3n) is 3.48. The van der Waals surface area contributed by atoms with Gasteiger partial charge in [-0.15, -0.1) is 0 Å².